The summed E-state index contributed by atoms with van der Waals surface area (Å²) < 4.78 is 5.96. The first-order valence-corrected chi connectivity index (χ1v) is 11.6. The lowest BCUT2D eigenvalue weighted by Gasteiger charge is -2.41. The smallest absolute Gasteiger partial charge is 0.254 e. The summed E-state index contributed by atoms with van der Waals surface area (Å²) in [7, 11) is 0. The number of amides is 1. The van der Waals surface area contributed by atoms with E-state index < -0.39 is 0 Å². The van der Waals surface area contributed by atoms with Crippen molar-refractivity contribution >= 4 is 11.6 Å². The second-order valence-electron chi connectivity index (χ2n) is 8.63. The van der Waals surface area contributed by atoms with Gasteiger partial charge in [0.15, 0.2) is 0 Å². The summed E-state index contributed by atoms with van der Waals surface area (Å²) in [5.41, 5.74) is 1.89. The number of carbonyl (C=O) groups is 1. The number of nitrogens with zero attached hydrogens (tertiary/aromatic N) is 4. The zero-order chi connectivity index (χ0) is 21.5. The van der Waals surface area contributed by atoms with Crippen LogP contribution in [0.2, 0.25) is 0 Å². The van der Waals surface area contributed by atoms with Crippen LogP contribution in [-0.4, -0.2) is 72.6 Å². The molecule has 0 bridgehead atoms. The van der Waals surface area contributed by atoms with Crippen LogP contribution in [-0.2, 0) is 0 Å². The van der Waals surface area contributed by atoms with Crippen LogP contribution < -0.4 is 9.64 Å². The van der Waals surface area contributed by atoms with Gasteiger partial charge in [0.05, 0.1) is 6.61 Å². The Balaban J connectivity index is 1.24. The molecule has 1 aromatic carbocycles. The Hall–Kier alpha value is -2.60. The molecule has 1 aromatic heterocycles. The van der Waals surface area contributed by atoms with Crippen LogP contribution >= 0.6 is 0 Å². The fourth-order valence-corrected chi connectivity index (χ4v) is 4.60. The first-order valence-electron chi connectivity index (χ1n) is 11.6. The molecule has 2 aliphatic heterocycles. The van der Waals surface area contributed by atoms with Crippen LogP contribution in [0.3, 0.4) is 0 Å². The molecule has 0 spiro atoms. The molecule has 3 heterocycles. The second-order valence-corrected chi connectivity index (χ2v) is 8.63. The maximum Gasteiger partial charge on any atom is 0.254 e. The maximum absolute atomic E-state index is 12.7. The average molecular weight is 423 g/mol. The van der Waals surface area contributed by atoms with Crippen molar-refractivity contribution in [2.45, 2.75) is 38.6 Å². The van der Waals surface area contributed by atoms with Crippen LogP contribution in [0.25, 0.3) is 0 Å². The fraction of sp³-hybridized carbons (Fsp3) is 0.520. The van der Waals surface area contributed by atoms with Gasteiger partial charge in [0.25, 0.3) is 5.91 Å². The van der Waals surface area contributed by atoms with E-state index in [4.69, 9.17) is 4.74 Å². The van der Waals surface area contributed by atoms with Crippen LogP contribution in [0.15, 0.2) is 48.8 Å². The molecule has 0 unspecified atom stereocenters. The number of anilines is 1. The Morgan fingerprint density at radius 1 is 1.00 bits per heavy atom. The van der Waals surface area contributed by atoms with E-state index in [0.717, 1.165) is 45.0 Å². The number of aromatic nitrogens is 1. The zero-order valence-electron chi connectivity index (χ0n) is 18.6. The molecule has 0 saturated carbocycles. The number of rotatable bonds is 7. The van der Waals surface area contributed by atoms with Gasteiger partial charge in [-0.3, -0.25) is 9.78 Å². The largest absolute Gasteiger partial charge is 0.494 e. The summed E-state index contributed by atoms with van der Waals surface area (Å²) in [5.74, 6) is 1.02. The monoisotopic (exact) mass is 422 g/mol. The number of hydrogen-bond acceptors (Lipinski definition) is 5. The first-order chi connectivity index (χ1) is 15.2. The van der Waals surface area contributed by atoms with Crippen LogP contribution in [0.1, 0.15) is 43.0 Å². The SMILES string of the molecule is C[C@@H]1CN(C(=O)c2ccncc2)CCN1c1ccc(OCCCN2CCCCC2)cc1. The topological polar surface area (TPSA) is 48.9 Å². The number of likely N-dealkylation sites (tertiary alicyclic amines) is 1. The molecule has 2 fully saturated rings. The van der Waals surface area contributed by atoms with E-state index in [-0.39, 0.29) is 11.9 Å². The Kier molecular flexibility index (Phi) is 7.41. The third kappa shape index (κ3) is 5.76. The highest BCUT2D eigenvalue weighted by Crippen LogP contribution is 2.24. The lowest BCUT2D eigenvalue weighted by Crippen LogP contribution is -2.53. The lowest BCUT2D eigenvalue weighted by atomic mass is 10.1. The molecule has 2 saturated heterocycles. The molecular weight excluding hydrogens is 388 g/mol. The summed E-state index contributed by atoms with van der Waals surface area (Å²) in [5, 5.41) is 0. The zero-order valence-corrected chi connectivity index (χ0v) is 18.6. The van der Waals surface area contributed by atoms with E-state index >= 15 is 0 Å². The van der Waals surface area contributed by atoms with Crippen molar-refractivity contribution in [2.75, 3.05) is 50.8 Å². The van der Waals surface area contributed by atoms with Gasteiger partial charge in [-0.1, -0.05) is 6.42 Å². The number of hydrogen-bond donors (Lipinski definition) is 0. The van der Waals surface area contributed by atoms with Gasteiger partial charge in [-0.2, -0.15) is 0 Å². The molecule has 1 amide bonds. The number of piperidine rings is 1. The molecule has 31 heavy (non-hydrogen) atoms. The van der Waals surface area contributed by atoms with E-state index in [1.54, 1.807) is 24.5 Å². The van der Waals surface area contributed by atoms with Gasteiger partial charge in [-0.25, -0.2) is 0 Å². The minimum Gasteiger partial charge on any atom is -0.494 e. The minimum absolute atomic E-state index is 0.0854. The van der Waals surface area contributed by atoms with E-state index in [1.807, 2.05) is 4.90 Å². The van der Waals surface area contributed by atoms with E-state index in [2.05, 4.69) is 46.0 Å². The van der Waals surface area contributed by atoms with E-state index in [0.29, 0.717) is 5.56 Å². The first kappa shape index (κ1) is 21.6. The molecule has 6 nitrogen and oxygen atoms in total. The van der Waals surface area contributed by atoms with Crippen molar-refractivity contribution in [1.29, 1.82) is 0 Å². The number of piperazine rings is 1. The van der Waals surface area contributed by atoms with Crippen molar-refractivity contribution in [3.8, 4) is 5.75 Å². The number of pyridine rings is 1. The van der Waals surface area contributed by atoms with Gasteiger partial charge >= 0.3 is 0 Å². The molecule has 4 rings (SSSR count). The Morgan fingerprint density at radius 3 is 2.45 bits per heavy atom. The van der Waals surface area contributed by atoms with Gasteiger partial charge in [0.1, 0.15) is 5.75 Å². The normalized spacial score (nSPS) is 20.0. The van der Waals surface area contributed by atoms with Crippen molar-refractivity contribution in [1.82, 2.24) is 14.8 Å². The molecule has 1 atom stereocenters. The molecule has 2 aliphatic rings. The van der Waals surface area contributed by atoms with Gasteiger partial charge in [-0.15, -0.1) is 0 Å². The molecule has 6 heteroatoms. The molecule has 0 aliphatic carbocycles. The summed E-state index contributed by atoms with van der Waals surface area (Å²) in [6.07, 6.45) is 8.48. The van der Waals surface area contributed by atoms with Gasteiger partial charge in [0.2, 0.25) is 0 Å². The van der Waals surface area contributed by atoms with Gasteiger partial charge < -0.3 is 19.4 Å². The van der Waals surface area contributed by atoms with Crippen molar-refractivity contribution in [2.24, 2.45) is 0 Å². The number of carbonyl (C=O) groups excluding carboxylic acids is 1. The fourth-order valence-electron chi connectivity index (χ4n) is 4.60. The average Bonchev–Trinajstić information content (AvgIpc) is 2.83. The Labute approximate surface area is 185 Å². The minimum atomic E-state index is 0.0854. The molecule has 0 radical (unpaired) electrons. The van der Waals surface area contributed by atoms with Crippen molar-refractivity contribution in [3.05, 3.63) is 54.4 Å². The molecular formula is C25H34N4O2. The second kappa shape index (κ2) is 10.6. The van der Waals surface area contributed by atoms with Crippen LogP contribution in [0.4, 0.5) is 5.69 Å². The predicted molar refractivity (Wildman–Crippen MR) is 124 cm³/mol. The highest BCUT2D eigenvalue weighted by atomic mass is 16.5. The molecule has 166 valence electrons. The van der Waals surface area contributed by atoms with Gasteiger partial charge in [-0.05, 0) is 75.7 Å². The van der Waals surface area contributed by atoms with Crippen molar-refractivity contribution in [3.63, 3.8) is 0 Å². The summed E-state index contributed by atoms with van der Waals surface area (Å²) in [6, 6.07) is 12.2. The highest BCUT2D eigenvalue weighted by molar-refractivity contribution is 5.94. The van der Waals surface area contributed by atoms with E-state index in [1.165, 1.54) is 38.0 Å². The summed E-state index contributed by atoms with van der Waals surface area (Å²) in [6.45, 7) is 8.84. The lowest BCUT2D eigenvalue weighted by molar-refractivity contribution is 0.0726. The quantitative estimate of drug-likeness (QED) is 0.637. The molecule has 0 N–H and O–H groups in total. The predicted octanol–water partition coefficient (Wildman–Crippen LogP) is 3.69. The Morgan fingerprint density at radius 2 is 1.74 bits per heavy atom. The van der Waals surface area contributed by atoms with Crippen LogP contribution in [0.5, 0.6) is 5.75 Å². The summed E-state index contributed by atoms with van der Waals surface area (Å²) in [4.78, 5) is 23.6. The number of benzene rings is 1. The Bertz CT molecular complexity index is 821. The standard InChI is InChI=1S/C25H34N4O2/c1-21-20-28(25(30)22-10-12-26-13-11-22)17-18-29(21)23-6-8-24(9-7-23)31-19-5-16-27-14-3-2-4-15-27/h6-13,21H,2-5,14-20H2,1H3/t21-/m1/s1. The highest BCUT2D eigenvalue weighted by Gasteiger charge is 2.27. The van der Waals surface area contributed by atoms with E-state index in [9.17, 15) is 4.79 Å². The third-order valence-corrected chi connectivity index (χ3v) is 6.35. The number of ether oxygens (including phenoxy) is 1. The van der Waals surface area contributed by atoms with Gasteiger partial charge in [0, 0.05) is 55.9 Å². The van der Waals surface area contributed by atoms with Crippen LogP contribution in [0, 0.1) is 0 Å². The summed E-state index contributed by atoms with van der Waals surface area (Å²) >= 11 is 0. The molecule has 2 aromatic rings. The third-order valence-electron chi connectivity index (χ3n) is 6.35. The maximum atomic E-state index is 12.7. The van der Waals surface area contributed by atoms with Crippen molar-refractivity contribution < 1.29 is 9.53 Å².